The van der Waals surface area contributed by atoms with E-state index < -0.39 is 17.7 Å². The summed E-state index contributed by atoms with van der Waals surface area (Å²) in [5.41, 5.74) is 0.611. The van der Waals surface area contributed by atoms with Gasteiger partial charge in [0.1, 0.15) is 5.75 Å². The second-order valence-corrected chi connectivity index (χ2v) is 6.42. The highest BCUT2D eigenvalue weighted by Crippen LogP contribution is 2.17. The van der Waals surface area contributed by atoms with Gasteiger partial charge in [-0.05, 0) is 42.8 Å². The minimum atomic E-state index is -2.89. The van der Waals surface area contributed by atoms with E-state index in [4.69, 9.17) is 0 Å². The van der Waals surface area contributed by atoms with Gasteiger partial charge in [0.2, 0.25) is 0 Å². The van der Waals surface area contributed by atoms with E-state index in [1.165, 1.54) is 27.7 Å². The van der Waals surface area contributed by atoms with Crippen molar-refractivity contribution in [2.24, 2.45) is 0 Å². The van der Waals surface area contributed by atoms with Gasteiger partial charge < -0.3 is 19.2 Å². The number of nitrogens with one attached hydrogen (secondary N) is 1. The van der Waals surface area contributed by atoms with Gasteiger partial charge in [0.25, 0.3) is 5.91 Å². The monoisotopic (exact) mass is 403 g/mol. The van der Waals surface area contributed by atoms with E-state index in [1.807, 2.05) is 0 Å². The largest absolute Gasteiger partial charge is 0.435 e. The van der Waals surface area contributed by atoms with Crippen LogP contribution in [0.4, 0.5) is 8.78 Å². The van der Waals surface area contributed by atoms with Gasteiger partial charge in [-0.3, -0.25) is 14.4 Å². The summed E-state index contributed by atoms with van der Waals surface area (Å²) < 4.78 is 30.1. The molecule has 7 nitrogen and oxygen atoms in total. The number of alkyl halides is 2. The molecule has 29 heavy (non-hydrogen) atoms. The van der Waals surface area contributed by atoms with Gasteiger partial charge in [-0.2, -0.15) is 8.78 Å². The highest BCUT2D eigenvalue weighted by atomic mass is 19.3. The van der Waals surface area contributed by atoms with Crippen molar-refractivity contribution >= 4 is 16.9 Å². The van der Waals surface area contributed by atoms with Gasteiger partial charge >= 0.3 is 17.7 Å². The first-order valence-electron chi connectivity index (χ1n) is 8.86. The van der Waals surface area contributed by atoms with Crippen molar-refractivity contribution in [3.63, 3.8) is 0 Å². The molecular weight excluding hydrogens is 384 g/mol. The molecule has 0 spiro atoms. The average Bonchev–Trinajstić information content (AvgIpc) is 2.69. The molecular formula is C20H19F2N3O4. The molecule has 0 bridgehead atoms. The summed E-state index contributed by atoms with van der Waals surface area (Å²) in [7, 11) is 1.60. The Morgan fingerprint density at radius 2 is 1.86 bits per heavy atom. The number of ether oxygens (including phenoxy) is 1. The van der Waals surface area contributed by atoms with E-state index in [0.717, 1.165) is 5.56 Å². The van der Waals surface area contributed by atoms with E-state index in [0.29, 0.717) is 23.1 Å². The highest BCUT2D eigenvalue weighted by Gasteiger charge is 2.15. The van der Waals surface area contributed by atoms with E-state index in [2.05, 4.69) is 9.72 Å². The van der Waals surface area contributed by atoms with Crippen molar-refractivity contribution in [3.8, 4) is 5.75 Å². The summed E-state index contributed by atoms with van der Waals surface area (Å²) in [6.45, 7) is -0.562. The van der Waals surface area contributed by atoms with Crippen LogP contribution in [0.3, 0.4) is 0 Å². The summed E-state index contributed by atoms with van der Waals surface area (Å²) in [5, 5.41) is 0. The standard InChI is InChI=1S/C20H19F2N3O4/c1-3-25-16-9-6-13(10-15(16)23-17(26)19(25)28)18(27)24(2)11-12-4-7-14(8-5-12)29-20(21)22/h4-10,20H,3,11H2,1-2H3,(H,23,26). The third-order valence-electron chi connectivity index (χ3n) is 4.45. The number of carbonyl (C=O) groups excluding carboxylic acids is 1. The molecule has 3 rings (SSSR count). The fourth-order valence-corrected chi connectivity index (χ4v) is 3.07. The van der Waals surface area contributed by atoms with Crippen molar-refractivity contribution in [3.05, 3.63) is 74.3 Å². The number of aromatic amines is 1. The lowest BCUT2D eigenvalue weighted by atomic mass is 10.1. The Labute approximate surface area is 164 Å². The Morgan fingerprint density at radius 1 is 1.17 bits per heavy atom. The number of nitrogens with zero attached hydrogens (tertiary/aromatic N) is 2. The fourth-order valence-electron chi connectivity index (χ4n) is 3.07. The van der Waals surface area contributed by atoms with Gasteiger partial charge in [0, 0.05) is 25.7 Å². The van der Waals surface area contributed by atoms with Crippen LogP contribution in [0.25, 0.3) is 11.0 Å². The van der Waals surface area contributed by atoms with Crippen LogP contribution in [-0.4, -0.2) is 34.0 Å². The smallest absolute Gasteiger partial charge is 0.387 e. The van der Waals surface area contributed by atoms with E-state index in [1.54, 1.807) is 38.2 Å². The predicted octanol–water partition coefficient (Wildman–Crippen LogP) is 2.58. The molecule has 1 aromatic heterocycles. The van der Waals surface area contributed by atoms with E-state index in [-0.39, 0.29) is 18.2 Å². The van der Waals surface area contributed by atoms with Crippen LogP contribution in [-0.2, 0) is 13.1 Å². The number of H-pyrrole nitrogens is 1. The number of benzene rings is 2. The quantitative estimate of drug-likeness (QED) is 0.641. The lowest BCUT2D eigenvalue weighted by Crippen LogP contribution is -2.36. The molecule has 3 aromatic rings. The van der Waals surface area contributed by atoms with Crippen LogP contribution < -0.4 is 15.9 Å². The normalized spacial score (nSPS) is 11.1. The summed E-state index contributed by atoms with van der Waals surface area (Å²) in [6.07, 6.45) is 0. The van der Waals surface area contributed by atoms with Gasteiger partial charge in [-0.15, -0.1) is 0 Å². The lowest BCUT2D eigenvalue weighted by molar-refractivity contribution is -0.0498. The zero-order valence-electron chi connectivity index (χ0n) is 15.8. The molecule has 0 atom stereocenters. The molecule has 0 unspecified atom stereocenters. The van der Waals surface area contributed by atoms with Gasteiger partial charge in [0.05, 0.1) is 11.0 Å². The second kappa shape index (κ2) is 8.26. The molecule has 0 fully saturated rings. The highest BCUT2D eigenvalue weighted by molar-refractivity contribution is 5.97. The molecule has 0 radical (unpaired) electrons. The fraction of sp³-hybridized carbons (Fsp3) is 0.250. The summed E-state index contributed by atoms with van der Waals surface area (Å²) in [6, 6.07) is 10.7. The van der Waals surface area contributed by atoms with Crippen molar-refractivity contribution in [2.75, 3.05) is 7.05 Å². The van der Waals surface area contributed by atoms with Crippen molar-refractivity contribution < 1.29 is 18.3 Å². The van der Waals surface area contributed by atoms with Crippen molar-refractivity contribution in [2.45, 2.75) is 26.6 Å². The summed E-state index contributed by atoms with van der Waals surface area (Å²) in [5.74, 6) is -0.256. The Balaban J connectivity index is 1.82. The third kappa shape index (κ3) is 4.34. The molecule has 0 aliphatic carbocycles. The number of hydrogen-bond acceptors (Lipinski definition) is 4. The molecule has 1 amide bonds. The molecule has 9 heteroatoms. The first-order valence-corrected chi connectivity index (χ1v) is 8.86. The number of aromatic nitrogens is 2. The van der Waals surface area contributed by atoms with Crippen LogP contribution in [0.5, 0.6) is 5.75 Å². The maximum absolute atomic E-state index is 12.8. The van der Waals surface area contributed by atoms with Crippen LogP contribution in [0.1, 0.15) is 22.8 Å². The molecule has 152 valence electrons. The van der Waals surface area contributed by atoms with Crippen LogP contribution in [0.2, 0.25) is 0 Å². The topological polar surface area (TPSA) is 84.4 Å². The van der Waals surface area contributed by atoms with Gasteiger partial charge in [-0.1, -0.05) is 12.1 Å². The van der Waals surface area contributed by atoms with Crippen LogP contribution >= 0.6 is 0 Å². The Kier molecular flexibility index (Phi) is 5.76. The zero-order chi connectivity index (χ0) is 21.1. The number of halogens is 2. The Bertz CT molecular complexity index is 1150. The number of rotatable bonds is 6. The summed E-state index contributed by atoms with van der Waals surface area (Å²) >= 11 is 0. The first kappa shape index (κ1) is 20.2. The maximum atomic E-state index is 12.8. The number of amides is 1. The van der Waals surface area contributed by atoms with Gasteiger partial charge in [-0.25, -0.2) is 0 Å². The Hall–Kier alpha value is -3.49. The number of hydrogen-bond donors (Lipinski definition) is 1. The molecule has 1 N–H and O–H groups in total. The molecule has 0 saturated carbocycles. The summed E-state index contributed by atoms with van der Waals surface area (Å²) in [4.78, 5) is 40.5. The van der Waals surface area contributed by atoms with Crippen molar-refractivity contribution in [1.29, 1.82) is 0 Å². The Morgan fingerprint density at radius 3 is 2.48 bits per heavy atom. The van der Waals surface area contributed by atoms with Crippen molar-refractivity contribution in [1.82, 2.24) is 14.5 Å². The van der Waals surface area contributed by atoms with Gasteiger partial charge in [0.15, 0.2) is 0 Å². The van der Waals surface area contributed by atoms with E-state index >= 15 is 0 Å². The number of fused-ring (bicyclic) bond motifs is 1. The number of aryl methyl sites for hydroxylation is 1. The maximum Gasteiger partial charge on any atom is 0.387 e. The molecule has 2 aromatic carbocycles. The first-order chi connectivity index (χ1) is 13.8. The minimum Gasteiger partial charge on any atom is -0.435 e. The van der Waals surface area contributed by atoms with Crippen LogP contribution in [0, 0.1) is 0 Å². The predicted molar refractivity (Wildman–Crippen MR) is 103 cm³/mol. The molecule has 1 heterocycles. The average molecular weight is 403 g/mol. The number of carbonyl (C=O) groups is 1. The molecule has 0 aliphatic heterocycles. The lowest BCUT2D eigenvalue weighted by Gasteiger charge is -2.18. The minimum absolute atomic E-state index is 0.0400. The third-order valence-corrected chi connectivity index (χ3v) is 4.45. The SMILES string of the molecule is CCn1c(=O)c(=O)[nH]c2cc(C(=O)N(C)Cc3ccc(OC(F)F)cc3)ccc21. The van der Waals surface area contributed by atoms with Crippen LogP contribution in [0.15, 0.2) is 52.1 Å². The van der Waals surface area contributed by atoms with E-state index in [9.17, 15) is 23.2 Å². The molecule has 0 aliphatic rings. The zero-order valence-corrected chi connectivity index (χ0v) is 15.8. The molecule has 0 saturated heterocycles. The second-order valence-electron chi connectivity index (χ2n) is 6.42.